The molecule has 0 amide bonds. The van der Waals surface area contributed by atoms with Crippen LogP contribution < -0.4 is 0 Å². The third-order valence-corrected chi connectivity index (χ3v) is 15.9. The number of hydrogen-bond acceptors (Lipinski definition) is 5. The van der Waals surface area contributed by atoms with Gasteiger partial charge in [-0.3, -0.25) is 0 Å². The average Bonchev–Trinajstić information content (AvgIpc) is 4.04. The van der Waals surface area contributed by atoms with Crippen LogP contribution in [0.15, 0.2) is 206 Å². The molecule has 0 unspecified atom stereocenters. The Morgan fingerprint density at radius 3 is 1.61 bits per heavy atom. The van der Waals surface area contributed by atoms with Crippen molar-refractivity contribution in [3.05, 3.63) is 223 Å². The molecule has 0 radical (unpaired) electrons. The van der Waals surface area contributed by atoms with Gasteiger partial charge in [0.2, 0.25) is 0 Å². The van der Waals surface area contributed by atoms with E-state index in [-0.39, 0.29) is 5.41 Å². The molecule has 0 aliphatic heterocycles. The van der Waals surface area contributed by atoms with E-state index in [1.807, 2.05) is 53.8 Å². The zero-order chi connectivity index (χ0) is 46.7. The number of benzene rings is 10. The van der Waals surface area contributed by atoms with E-state index in [4.69, 9.17) is 15.0 Å². The SMILES string of the molecule is CC1(C)c2ccccc2-c2c(-c3nc(-c4ccccc4)nc(-c4ccc(-c5ccc6c7c(ccc(-c8cccc9sc%10cc(-c%11ccc(C#N)cc%11)ccc%10c89)c57)-c5ccccc5-6)cc4)n3)cccc21. The molecule has 12 aromatic rings. The highest BCUT2D eigenvalue weighted by Crippen LogP contribution is 2.54. The average molecular weight is 909 g/mol. The van der Waals surface area contributed by atoms with Gasteiger partial charge in [-0.1, -0.05) is 196 Å². The first-order valence-electron chi connectivity index (χ1n) is 23.7. The highest BCUT2D eigenvalue weighted by molar-refractivity contribution is 7.26. The molecule has 4 nitrogen and oxygen atoms in total. The van der Waals surface area contributed by atoms with Crippen LogP contribution in [0.2, 0.25) is 0 Å². The summed E-state index contributed by atoms with van der Waals surface area (Å²) < 4.78 is 2.49. The monoisotopic (exact) mass is 908 g/mol. The highest BCUT2D eigenvalue weighted by atomic mass is 32.1. The first-order chi connectivity index (χ1) is 34.4. The van der Waals surface area contributed by atoms with Crippen LogP contribution in [0.25, 0.3) is 132 Å². The molecule has 5 heteroatoms. The molecule has 0 N–H and O–H groups in total. The maximum Gasteiger partial charge on any atom is 0.164 e. The van der Waals surface area contributed by atoms with Gasteiger partial charge in [-0.25, -0.2) is 15.0 Å². The lowest BCUT2D eigenvalue weighted by atomic mass is 9.82. The topological polar surface area (TPSA) is 62.5 Å². The lowest BCUT2D eigenvalue weighted by Crippen LogP contribution is -2.14. The second-order valence-corrected chi connectivity index (χ2v) is 20.0. The minimum Gasteiger partial charge on any atom is -0.208 e. The summed E-state index contributed by atoms with van der Waals surface area (Å²) in [5, 5.41) is 14.4. The van der Waals surface area contributed by atoms with Crippen LogP contribution in [-0.4, -0.2) is 15.0 Å². The number of thiophene rings is 1. The Morgan fingerprint density at radius 1 is 0.371 bits per heavy atom. The van der Waals surface area contributed by atoms with Crippen LogP contribution >= 0.6 is 11.3 Å². The quantitative estimate of drug-likeness (QED) is 0.167. The van der Waals surface area contributed by atoms with Crippen molar-refractivity contribution in [2.75, 3.05) is 0 Å². The zero-order valence-electron chi connectivity index (χ0n) is 38.3. The Hall–Kier alpha value is -8.82. The van der Waals surface area contributed by atoms with Crippen LogP contribution in [0.4, 0.5) is 0 Å². The summed E-state index contributed by atoms with van der Waals surface area (Å²) in [5.41, 5.74) is 20.5. The van der Waals surface area contributed by atoms with E-state index in [9.17, 15) is 5.26 Å². The Bertz CT molecular complexity index is 4170. The maximum atomic E-state index is 9.40. The van der Waals surface area contributed by atoms with Crippen molar-refractivity contribution >= 4 is 42.3 Å². The first-order valence-corrected chi connectivity index (χ1v) is 24.5. The Morgan fingerprint density at radius 2 is 0.886 bits per heavy atom. The Labute approximate surface area is 409 Å². The number of fused-ring (bicyclic) bond motifs is 9. The van der Waals surface area contributed by atoms with Crippen molar-refractivity contribution in [2.45, 2.75) is 19.3 Å². The van der Waals surface area contributed by atoms with E-state index in [0.29, 0.717) is 23.0 Å². The van der Waals surface area contributed by atoms with E-state index < -0.39 is 0 Å². The second kappa shape index (κ2) is 15.3. The molecule has 10 aromatic carbocycles. The van der Waals surface area contributed by atoms with Gasteiger partial charge in [0.15, 0.2) is 17.5 Å². The molecule has 0 saturated heterocycles. The van der Waals surface area contributed by atoms with Crippen molar-refractivity contribution in [3.8, 4) is 107 Å². The molecule has 2 aliphatic rings. The molecule has 0 fully saturated rings. The molecule has 0 saturated carbocycles. The summed E-state index contributed by atoms with van der Waals surface area (Å²) >= 11 is 1.83. The van der Waals surface area contributed by atoms with E-state index >= 15 is 0 Å². The van der Waals surface area contributed by atoms with E-state index in [1.54, 1.807) is 0 Å². The largest absolute Gasteiger partial charge is 0.208 e. The summed E-state index contributed by atoms with van der Waals surface area (Å²) in [6.45, 7) is 4.61. The summed E-state index contributed by atoms with van der Waals surface area (Å²) in [6.07, 6.45) is 0. The number of nitriles is 1. The van der Waals surface area contributed by atoms with Crippen LogP contribution in [-0.2, 0) is 5.41 Å². The Balaban J connectivity index is 0.931. The van der Waals surface area contributed by atoms with Gasteiger partial charge in [0.05, 0.1) is 11.6 Å². The minimum absolute atomic E-state index is 0.150. The number of aromatic nitrogens is 3. The van der Waals surface area contributed by atoms with Crippen molar-refractivity contribution in [3.63, 3.8) is 0 Å². The number of rotatable bonds is 6. The van der Waals surface area contributed by atoms with E-state index in [2.05, 4.69) is 184 Å². The van der Waals surface area contributed by atoms with Crippen LogP contribution in [0.5, 0.6) is 0 Å². The molecular formula is C65H40N4S. The summed E-state index contributed by atoms with van der Waals surface area (Å²) in [4.78, 5) is 15.7. The van der Waals surface area contributed by atoms with E-state index in [1.165, 1.54) is 92.1 Å². The molecule has 70 heavy (non-hydrogen) atoms. The van der Waals surface area contributed by atoms with Crippen molar-refractivity contribution < 1.29 is 0 Å². The van der Waals surface area contributed by atoms with Gasteiger partial charge < -0.3 is 0 Å². The first kappa shape index (κ1) is 40.3. The van der Waals surface area contributed by atoms with Gasteiger partial charge in [-0.2, -0.15) is 5.26 Å². The summed E-state index contributed by atoms with van der Waals surface area (Å²) in [6, 6.07) is 76.1. The number of nitrogens with zero attached hydrogens (tertiary/aromatic N) is 4. The van der Waals surface area contributed by atoms with Crippen LogP contribution in [0.1, 0.15) is 30.5 Å². The van der Waals surface area contributed by atoms with Crippen LogP contribution in [0, 0.1) is 11.3 Å². The standard InChI is InChI=1S/C65H40N4S/c1-65(2)54-19-9-8-16-51(54)58-53(18-10-20-55(58)65)64-68-62(41-12-4-3-5-13-41)67-63(69-64)42-28-26-40(27-29-42)44-32-33-48-45-14-6-7-15-46(45)49-34-35-50(60(44)61(48)49)47-17-11-21-56-59(47)52-31-30-43(36-57(52)70-56)39-24-22-38(37-66)23-25-39/h3-36H,1-2H3. The van der Waals surface area contributed by atoms with E-state index in [0.717, 1.165) is 33.4 Å². The minimum atomic E-state index is -0.150. The normalized spacial score (nSPS) is 12.8. The highest BCUT2D eigenvalue weighted by Gasteiger charge is 2.37. The van der Waals surface area contributed by atoms with Gasteiger partial charge in [0, 0.05) is 42.3 Å². The molecular weight excluding hydrogens is 869 g/mol. The molecule has 2 aromatic heterocycles. The maximum absolute atomic E-state index is 9.40. The molecule has 14 rings (SSSR count). The molecule has 326 valence electrons. The van der Waals surface area contributed by atoms with Gasteiger partial charge in [0.25, 0.3) is 0 Å². The predicted molar refractivity (Wildman–Crippen MR) is 290 cm³/mol. The van der Waals surface area contributed by atoms with Gasteiger partial charge in [-0.15, -0.1) is 11.3 Å². The molecule has 2 heterocycles. The third kappa shape index (κ3) is 6.04. The zero-order valence-corrected chi connectivity index (χ0v) is 39.1. The number of hydrogen-bond donors (Lipinski definition) is 0. The van der Waals surface area contributed by atoms with Gasteiger partial charge >= 0.3 is 0 Å². The fourth-order valence-electron chi connectivity index (χ4n) is 11.4. The van der Waals surface area contributed by atoms with Gasteiger partial charge in [0.1, 0.15) is 0 Å². The lowest BCUT2D eigenvalue weighted by Gasteiger charge is -2.21. The molecule has 2 aliphatic carbocycles. The smallest absolute Gasteiger partial charge is 0.164 e. The predicted octanol–water partition coefficient (Wildman–Crippen LogP) is 17.2. The summed E-state index contributed by atoms with van der Waals surface area (Å²) in [5.74, 6) is 1.94. The van der Waals surface area contributed by atoms with Crippen molar-refractivity contribution in [1.82, 2.24) is 15.0 Å². The second-order valence-electron chi connectivity index (χ2n) is 18.9. The molecule has 0 bridgehead atoms. The summed E-state index contributed by atoms with van der Waals surface area (Å²) in [7, 11) is 0. The fraction of sp³-hybridized carbons (Fsp3) is 0.0462. The molecule has 0 spiro atoms. The van der Waals surface area contributed by atoms with Gasteiger partial charge in [-0.05, 0) is 113 Å². The molecule has 0 atom stereocenters. The van der Waals surface area contributed by atoms with Crippen molar-refractivity contribution in [2.24, 2.45) is 0 Å². The van der Waals surface area contributed by atoms with Crippen molar-refractivity contribution in [1.29, 1.82) is 5.26 Å². The Kier molecular flexibility index (Phi) is 8.83. The fourth-order valence-corrected chi connectivity index (χ4v) is 12.6. The third-order valence-electron chi connectivity index (χ3n) is 14.8. The van der Waals surface area contributed by atoms with Crippen LogP contribution in [0.3, 0.4) is 0 Å². The lowest BCUT2D eigenvalue weighted by molar-refractivity contribution is 0.660.